The van der Waals surface area contributed by atoms with Crippen LogP contribution in [0.5, 0.6) is 0 Å². The van der Waals surface area contributed by atoms with E-state index in [4.69, 9.17) is 10.2 Å². The molecule has 2 aromatic rings. The van der Waals surface area contributed by atoms with E-state index < -0.39 is 4.92 Å². The Bertz CT molecular complexity index is 474. The largest absolute Gasteiger partial charge is 0.472 e. The molecule has 7 heteroatoms. The Hall–Kier alpha value is -2.31. The average Bonchev–Trinajstić information content (AvgIpc) is 2.78. The Balaban J connectivity index is 2.27. The molecule has 2 N–H and O–H groups in total. The molecule has 0 spiro atoms. The van der Waals surface area contributed by atoms with Crippen molar-refractivity contribution >= 4 is 11.5 Å². The standard InChI is InChI=1S/C8H8N4O3/c9-8-7(12(13)14)3-10-11(8)4-6-1-2-15-5-6/h1-3,5H,4,9H2. The third-order valence-corrected chi connectivity index (χ3v) is 1.97. The number of hydrogen-bond donors (Lipinski definition) is 1. The van der Waals surface area contributed by atoms with Crippen LogP contribution in [0.15, 0.2) is 29.2 Å². The molecule has 0 bridgehead atoms. The molecule has 0 aliphatic rings. The number of nitro groups is 1. The van der Waals surface area contributed by atoms with Crippen molar-refractivity contribution in [2.75, 3.05) is 5.73 Å². The monoisotopic (exact) mass is 208 g/mol. The van der Waals surface area contributed by atoms with Crippen molar-refractivity contribution in [1.82, 2.24) is 9.78 Å². The lowest BCUT2D eigenvalue weighted by Crippen LogP contribution is -2.05. The van der Waals surface area contributed by atoms with Crippen LogP contribution in [0.3, 0.4) is 0 Å². The van der Waals surface area contributed by atoms with Gasteiger partial charge in [0.2, 0.25) is 5.82 Å². The minimum Gasteiger partial charge on any atom is -0.472 e. The minimum absolute atomic E-state index is 0.0428. The van der Waals surface area contributed by atoms with Crippen molar-refractivity contribution in [2.24, 2.45) is 0 Å². The third-order valence-electron chi connectivity index (χ3n) is 1.97. The molecule has 78 valence electrons. The van der Waals surface area contributed by atoms with Gasteiger partial charge in [-0.1, -0.05) is 0 Å². The van der Waals surface area contributed by atoms with Crippen LogP contribution < -0.4 is 5.73 Å². The fourth-order valence-electron chi connectivity index (χ4n) is 1.21. The van der Waals surface area contributed by atoms with Crippen molar-refractivity contribution in [3.8, 4) is 0 Å². The van der Waals surface area contributed by atoms with Gasteiger partial charge in [-0.2, -0.15) is 5.10 Å². The van der Waals surface area contributed by atoms with Crippen LogP contribution in [0.1, 0.15) is 5.56 Å². The molecule has 0 saturated heterocycles. The van der Waals surface area contributed by atoms with Gasteiger partial charge in [-0.25, -0.2) is 4.68 Å². The van der Waals surface area contributed by atoms with Gasteiger partial charge in [0.25, 0.3) is 0 Å². The van der Waals surface area contributed by atoms with Crippen LogP contribution in [-0.4, -0.2) is 14.7 Å². The quantitative estimate of drug-likeness (QED) is 0.599. The van der Waals surface area contributed by atoms with E-state index in [0.29, 0.717) is 6.54 Å². The molecule has 0 unspecified atom stereocenters. The second-order valence-corrected chi connectivity index (χ2v) is 2.96. The first-order chi connectivity index (χ1) is 7.18. The van der Waals surface area contributed by atoms with Gasteiger partial charge in [-0.05, 0) is 6.07 Å². The Kier molecular flexibility index (Phi) is 2.13. The van der Waals surface area contributed by atoms with Gasteiger partial charge in [-0.3, -0.25) is 10.1 Å². The van der Waals surface area contributed by atoms with Gasteiger partial charge in [0.1, 0.15) is 6.20 Å². The second kappa shape index (κ2) is 3.45. The molecule has 7 nitrogen and oxygen atoms in total. The summed E-state index contributed by atoms with van der Waals surface area (Å²) in [5.74, 6) is 0.0428. The van der Waals surface area contributed by atoms with Crippen molar-refractivity contribution in [2.45, 2.75) is 6.54 Å². The summed E-state index contributed by atoms with van der Waals surface area (Å²) in [7, 11) is 0. The van der Waals surface area contributed by atoms with Gasteiger partial charge in [0.05, 0.1) is 24.0 Å². The summed E-state index contributed by atoms with van der Waals surface area (Å²) in [5, 5.41) is 14.3. The highest BCUT2D eigenvalue weighted by Gasteiger charge is 2.17. The fourth-order valence-corrected chi connectivity index (χ4v) is 1.21. The third kappa shape index (κ3) is 1.66. The summed E-state index contributed by atoms with van der Waals surface area (Å²) in [6.07, 6.45) is 4.19. The normalized spacial score (nSPS) is 10.4. The Morgan fingerprint density at radius 1 is 1.67 bits per heavy atom. The maximum atomic E-state index is 10.5. The Morgan fingerprint density at radius 2 is 2.47 bits per heavy atom. The maximum Gasteiger partial charge on any atom is 0.330 e. The molecule has 2 aromatic heterocycles. The molecule has 2 heterocycles. The van der Waals surface area contributed by atoms with Crippen LogP contribution in [-0.2, 0) is 6.54 Å². The summed E-state index contributed by atoms with van der Waals surface area (Å²) in [4.78, 5) is 9.93. The average molecular weight is 208 g/mol. The molecular formula is C8H8N4O3. The van der Waals surface area contributed by atoms with E-state index in [2.05, 4.69) is 5.10 Å². The SMILES string of the molecule is Nc1c([N+](=O)[O-])cnn1Cc1ccoc1. The number of rotatable bonds is 3. The van der Waals surface area contributed by atoms with Gasteiger partial charge in [0.15, 0.2) is 0 Å². The highest BCUT2D eigenvalue weighted by Crippen LogP contribution is 2.20. The topological polar surface area (TPSA) is 100 Å². The Morgan fingerprint density at radius 3 is 3.00 bits per heavy atom. The number of hydrogen-bond acceptors (Lipinski definition) is 5. The van der Waals surface area contributed by atoms with Crippen molar-refractivity contribution in [3.05, 3.63) is 40.5 Å². The molecule has 15 heavy (non-hydrogen) atoms. The van der Waals surface area contributed by atoms with Crippen molar-refractivity contribution in [1.29, 1.82) is 0 Å². The van der Waals surface area contributed by atoms with Crippen molar-refractivity contribution in [3.63, 3.8) is 0 Å². The van der Waals surface area contributed by atoms with Crippen LogP contribution in [0.25, 0.3) is 0 Å². The zero-order valence-electron chi connectivity index (χ0n) is 7.66. The molecule has 0 atom stereocenters. The number of anilines is 1. The van der Waals surface area contributed by atoms with E-state index in [9.17, 15) is 10.1 Å². The first-order valence-electron chi connectivity index (χ1n) is 4.15. The zero-order chi connectivity index (χ0) is 10.8. The maximum absolute atomic E-state index is 10.5. The van der Waals surface area contributed by atoms with Gasteiger partial charge in [-0.15, -0.1) is 0 Å². The number of nitrogens with two attached hydrogens (primary N) is 1. The smallest absolute Gasteiger partial charge is 0.330 e. The lowest BCUT2D eigenvalue weighted by molar-refractivity contribution is -0.384. The van der Waals surface area contributed by atoms with E-state index in [0.717, 1.165) is 11.8 Å². The molecule has 0 saturated carbocycles. The predicted octanol–water partition coefficient (Wildman–Crippen LogP) is 1.01. The summed E-state index contributed by atoms with van der Waals surface area (Å²) in [6, 6.07) is 1.74. The van der Waals surface area contributed by atoms with Gasteiger partial charge >= 0.3 is 5.69 Å². The van der Waals surface area contributed by atoms with Gasteiger partial charge in [0, 0.05) is 5.56 Å². The molecule has 0 fully saturated rings. The van der Waals surface area contributed by atoms with E-state index in [1.165, 1.54) is 17.2 Å². The van der Waals surface area contributed by atoms with E-state index in [1.807, 2.05) is 0 Å². The van der Waals surface area contributed by atoms with Crippen molar-refractivity contribution < 1.29 is 9.34 Å². The molecule has 0 amide bonds. The van der Waals surface area contributed by atoms with E-state index in [-0.39, 0.29) is 11.5 Å². The lowest BCUT2D eigenvalue weighted by atomic mass is 10.3. The molecule has 2 rings (SSSR count). The molecule has 0 radical (unpaired) electrons. The van der Waals surface area contributed by atoms with Gasteiger partial charge < -0.3 is 10.2 Å². The molecule has 0 aliphatic heterocycles. The van der Waals surface area contributed by atoms with Crippen LogP contribution in [0.4, 0.5) is 11.5 Å². The zero-order valence-corrected chi connectivity index (χ0v) is 7.66. The summed E-state index contributed by atoms with van der Waals surface area (Å²) in [5.41, 5.74) is 6.21. The Labute approximate surface area is 84.2 Å². The second-order valence-electron chi connectivity index (χ2n) is 2.96. The molecular weight excluding hydrogens is 200 g/mol. The van der Waals surface area contributed by atoms with Crippen LogP contribution in [0.2, 0.25) is 0 Å². The van der Waals surface area contributed by atoms with E-state index >= 15 is 0 Å². The summed E-state index contributed by atoms with van der Waals surface area (Å²) in [6.45, 7) is 0.357. The molecule has 0 aliphatic carbocycles. The number of nitrogen functional groups attached to an aromatic ring is 1. The number of aromatic nitrogens is 2. The lowest BCUT2D eigenvalue weighted by Gasteiger charge is -1.99. The summed E-state index contributed by atoms with van der Waals surface area (Å²) < 4.78 is 6.22. The summed E-state index contributed by atoms with van der Waals surface area (Å²) >= 11 is 0. The predicted molar refractivity (Wildman–Crippen MR) is 51.1 cm³/mol. The van der Waals surface area contributed by atoms with E-state index in [1.54, 1.807) is 6.07 Å². The fraction of sp³-hybridized carbons (Fsp3) is 0.125. The molecule has 0 aromatic carbocycles. The minimum atomic E-state index is -0.561. The van der Waals surface area contributed by atoms with Crippen LogP contribution in [0, 0.1) is 10.1 Å². The first kappa shape index (κ1) is 9.25. The number of nitrogens with zero attached hydrogens (tertiary/aromatic N) is 3. The van der Waals surface area contributed by atoms with Crippen LogP contribution >= 0.6 is 0 Å². The highest BCUT2D eigenvalue weighted by molar-refractivity contribution is 5.51. The first-order valence-corrected chi connectivity index (χ1v) is 4.15. The highest BCUT2D eigenvalue weighted by atomic mass is 16.6. The number of furan rings is 1.